The van der Waals surface area contributed by atoms with Gasteiger partial charge >= 0.3 is 0 Å². The summed E-state index contributed by atoms with van der Waals surface area (Å²) in [4.78, 5) is 15.7. The fourth-order valence-corrected chi connectivity index (χ4v) is 1.94. The van der Waals surface area contributed by atoms with Crippen molar-refractivity contribution >= 4 is 11.6 Å². The van der Waals surface area contributed by atoms with Crippen LogP contribution in [0.15, 0.2) is 42.6 Å². The molecule has 0 unspecified atom stereocenters. The van der Waals surface area contributed by atoms with E-state index in [4.69, 9.17) is 4.74 Å². The SMILES string of the molecule is CNC(=O)Cc1ccccc1NCc1ccc(OC)nc1. The van der Waals surface area contributed by atoms with E-state index in [1.165, 1.54) is 0 Å². The summed E-state index contributed by atoms with van der Waals surface area (Å²) in [5.74, 6) is 0.592. The molecule has 21 heavy (non-hydrogen) atoms. The first kappa shape index (κ1) is 14.8. The monoisotopic (exact) mass is 285 g/mol. The Labute approximate surface area is 124 Å². The standard InChI is InChI=1S/C16H19N3O2/c1-17-15(20)9-13-5-3-4-6-14(13)18-10-12-7-8-16(21-2)19-11-12/h3-8,11,18H,9-10H2,1-2H3,(H,17,20). The molecule has 0 aliphatic rings. The minimum Gasteiger partial charge on any atom is -0.481 e. The van der Waals surface area contributed by atoms with Gasteiger partial charge in [0.1, 0.15) is 0 Å². The molecule has 0 saturated heterocycles. The van der Waals surface area contributed by atoms with Crippen molar-refractivity contribution < 1.29 is 9.53 Å². The second-order valence-electron chi connectivity index (χ2n) is 4.57. The number of nitrogens with zero attached hydrogens (tertiary/aromatic N) is 1. The Balaban J connectivity index is 2.03. The molecule has 0 spiro atoms. The molecule has 0 saturated carbocycles. The van der Waals surface area contributed by atoms with Crippen LogP contribution in [0.2, 0.25) is 0 Å². The summed E-state index contributed by atoms with van der Waals surface area (Å²) in [7, 11) is 3.23. The second kappa shape index (κ2) is 7.28. The molecule has 1 heterocycles. The van der Waals surface area contributed by atoms with E-state index in [1.54, 1.807) is 20.4 Å². The van der Waals surface area contributed by atoms with Crippen LogP contribution in [0.4, 0.5) is 5.69 Å². The van der Waals surface area contributed by atoms with Crippen LogP contribution in [-0.4, -0.2) is 25.0 Å². The number of ether oxygens (including phenoxy) is 1. The summed E-state index contributed by atoms with van der Waals surface area (Å²) in [6.45, 7) is 0.641. The zero-order valence-corrected chi connectivity index (χ0v) is 12.2. The van der Waals surface area contributed by atoms with E-state index >= 15 is 0 Å². The van der Waals surface area contributed by atoms with Gasteiger partial charge < -0.3 is 15.4 Å². The van der Waals surface area contributed by atoms with E-state index in [0.717, 1.165) is 16.8 Å². The molecule has 0 bridgehead atoms. The maximum Gasteiger partial charge on any atom is 0.224 e. The number of anilines is 1. The van der Waals surface area contributed by atoms with Crippen molar-refractivity contribution in [2.24, 2.45) is 0 Å². The third-order valence-electron chi connectivity index (χ3n) is 3.14. The fourth-order valence-electron chi connectivity index (χ4n) is 1.94. The van der Waals surface area contributed by atoms with E-state index in [9.17, 15) is 4.79 Å². The lowest BCUT2D eigenvalue weighted by molar-refractivity contribution is -0.119. The van der Waals surface area contributed by atoms with Gasteiger partial charge in [-0.2, -0.15) is 0 Å². The van der Waals surface area contributed by atoms with E-state index in [0.29, 0.717) is 18.8 Å². The van der Waals surface area contributed by atoms with E-state index in [2.05, 4.69) is 15.6 Å². The number of carbonyl (C=O) groups excluding carboxylic acids is 1. The van der Waals surface area contributed by atoms with Gasteiger partial charge in [0, 0.05) is 31.5 Å². The number of hydrogen-bond acceptors (Lipinski definition) is 4. The number of likely N-dealkylation sites (N-methyl/N-ethyl adjacent to an activating group) is 1. The Bertz CT molecular complexity index is 597. The summed E-state index contributed by atoms with van der Waals surface area (Å²) in [5, 5.41) is 5.97. The molecule has 0 fully saturated rings. The minimum absolute atomic E-state index is 0.00429. The molecule has 0 aliphatic heterocycles. The van der Waals surface area contributed by atoms with E-state index in [-0.39, 0.29) is 5.91 Å². The molecule has 1 aromatic carbocycles. The number of hydrogen-bond donors (Lipinski definition) is 2. The Hall–Kier alpha value is -2.56. The van der Waals surface area contributed by atoms with Gasteiger partial charge in [0.2, 0.25) is 11.8 Å². The largest absolute Gasteiger partial charge is 0.481 e. The van der Waals surface area contributed by atoms with Crippen LogP contribution in [0.1, 0.15) is 11.1 Å². The van der Waals surface area contributed by atoms with Gasteiger partial charge in [-0.25, -0.2) is 4.98 Å². The van der Waals surface area contributed by atoms with E-state index < -0.39 is 0 Å². The van der Waals surface area contributed by atoms with E-state index in [1.807, 2.05) is 36.4 Å². The number of benzene rings is 1. The molecular formula is C16H19N3O2. The van der Waals surface area contributed by atoms with Crippen molar-refractivity contribution in [3.8, 4) is 5.88 Å². The zero-order chi connectivity index (χ0) is 15.1. The lowest BCUT2D eigenvalue weighted by Gasteiger charge is -2.11. The molecule has 2 rings (SSSR count). The van der Waals surface area contributed by atoms with Crippen LogP contribution in [0.25, 0.3) is 0 Å². The topological polar surface area (TPSA) is 63.2 Å². The van der Waals surface area contributed by atoms with Crippen LogP contribution < -0.4 is 15.4 Å². The highest BCUT2D eigenvalue weighted by Crippen LogP contribution is 2.17. The van der Waals surface area contributed by atoms with Crippen molar-refractivity contribution in [3.63, 3.8) is 0 Å². The zero-order valence-electron chi connectivity index (χ0n) is 12.2. The first-order chi connectivity index (χ1) is 10.2. The summed E-state index contributed by atoms with van der Waals surface area (Å²) in [5.41, 5.74) is 2.97. The highest BCUT2D eigenvalue weighted by molar-refractivity contribution is 5.80. The van der Waals surface area contributed by atoms with Gasteiger partial charge in [0.25, 0.3) is 0 Å². The third-order valence-corrected chi connectivity index (χ3v) is 3.14. The summed E-state index contributed by atoms with van der Waals surface area (Å²) in [6, 6.07) is 11.6. The van der Waals surface area contributed by atoms with Crippen LogP contribution in [0.5, 0.6) is 5.88 Å². The van der Waals surface area contributed by atoms with Crippen LogP contribution in [0, 0.1) is 0 Å². The molecule has 1 aromatic heterocycles. The highest BCUT2D eigenvalue weighted by Gasteiger charge is 2.06. The van der Waals surface area contributed by atoms with Crippen molar-refractivity contribution in [2.45, 2.75) is 13.0 Å². The number of pyridine rings is 1. The number of methoxy groups -OCH3 is 1. The van der Waals surface area contributed by atoms with Gasteiger partial charge in [-0.05, 0) is 17.2 Å². The van der Waals surface area contributed by atoms with Gasteiger partial charge in [0.15, 0.2) is 0 Å². The number of amides is 1. The number of para-hydroxylation sites is 1. The lowest BCUT2D eigenvalue weighted by Crippen LogP contribution is -2.20. The van der Waals surface area contributed by atoms with Crippen LogP contribution in [-0.2, 0) is 17.8 Å². The van der Waals surface area contributed by atoms with Gasteiger partial charge in [-0.1, -0.05) is 24.3 Å². The van der Waals surface area contributed by atoms with Crippen molar-refractivity contribution in [2.75, 3.05) is 19.5 Å². The number of carbonyl (C=O) groups is 1. The van der Waals surface area contributed by atoms with Gasteiger partial charge in [0.05, 0.1) is 13.5 Å². The maximum atomic E-state index is 11.5. The Kier molecular flexibility index (Phi) is 5.15. The summed E-state index contributed by atoms with van der Waals surface area (Å²) in [6.07, 6.45) is 2.13. The molecule has 5 heteroatoms. The number of rotatable bonds is 6. The normalized spacial score (nSPS) is 10.0. The molecule has 2 N–H and O–H groups in total. The number of aromatic nitrogens is 1. The van der Waals surface area contributed by atoms with Crippen LogP contribution >= 0.6 is 0 Å². The van der Waals surface area contributed by atoms with Crippen molar-refractivity contribution in [1.29, 1.82) is 0 Å². The predicted octanol–water partition coefficient (Wildman–Crippen LogP) is 1.99. The third kappa shape index (κ3) is 4.21. The van der Waals surface area contributed by atoms with Crippen molar-refractivity contribution in [1.82, 2.24) is 10.3 Å². The summed E-state index contributed by atoms with van der Waals surface area (Å²) < 4.78 is 5.03. The highest BCUT2D eigenvalue weighted by atomic mass is 16.5. The number of nitrogens with one attached hydrogen (secondary N) is 2. The summed E-state index contributed by atoms with van der Waals surface area (Å²) >= 11 is 0. The molecule has 0 radical (unpaired) electrons. The average Bonchev–Trinajstić information content (AvgIpc) is 2.54. The van der Waals surface area contributed by atoms with Crippen molar-refractivity contribution in [3.05, 3.63) is 53.7 Å². The minimum atomic E-state index is -0.00429. The molecule has 0 aliphatic carbocycles. The Morgan fingerprint density at radius 3 is 2.71 bits per heavy atom. The molecule has 0 atom stereocenters. The van der Waals surface area contributed by atoms with Gasteiger partial charge in [-0.3, -0.25) is 4.79 Å². The molecular weight excluding hydrogens is 266 g/mol. The molecule has 110 valence electrons. The first-order valence-corrected chi connectivity index (χ1v) is 6.74. The molecule has 2 aromatic rings. The van der Waals surface area contributed by atoms with Gasteiger partial charge in [-0.15, -0.1) is 0 Å². The predicted molar refractivity (Wildman–Crippen MR) is 82.3 cm³/mol. The average molecular weight is 285 g/mol. The Morgan fingerprint density at radius 2 is 2.05 bits per heavy atom. The molecule has 5 nitrogen and oxygen atoms in total. The maximum absolute atomic E-state index is 11.5. The second-order valence-corrected chi connectivity index (χ2v) is 4.57. The lowest BCUT2D eigenvalue weighted by atomic mass is 10.1. The smallest absolute Gasteiger partial charge is 0.224 e. The Morgan fingerprint density at radius 1 is 1.24 bits per heavy atom. The van der Waals surface area contributed by atoms with Crippen LogP contribution in [0.3, 0.4) is 0 Å². The quantitative estimate of drug-likeness (QED) is 0.852. The molecule has 1 amide bonds. The fraction of sp³-hybridized carbons (Fsp3) is 0.250. The first-order valence-electron chi connectivity index (χ1n) is 6.74.